The fraction of sp³-hybridized carbons (Fsp3) is 0.400. The van der Waals surface area contributed by atoms with Crippen LogP contribution in [0.5, 0.6) is 0 Å². The molecule has 1 saturated carbocycles. The number of nitrogens with two attached hydrogens (primary N) is 1. The molecule has 1 aromatic heterocycles. The number of nitrogens with one attached hydrogen (secondary N) is 2. The van der Waals surface area contributed by atoms with Gasteiger partial charge in [-0.3, -0.25) is 10.1 Å². The fourth-order valence-electron chi connectivity index (χ4n) is 1.40. The van der Waals surface area contributed by atoms with Gasteiger partial charge in [-0.15, -0.1) is 0 Å². The molecule has 1 fully saturated rings. The van der Waals surface area contributed by atoms with E-state index >= 15 is 0 Å². The molecule has 0 bridgehead atoms. The lowest BCUT2D eigenvalue weighted by Crippen LogP contribution is -2.19. The summed E-state index contributed by atoms with van der Waals surface area (Å²) < 4.78 is 0. The predicted molar refractivity (Wildman–Crippen MR) is 62.4 cm³/mol. The summed E-state index contributed by atoms with van der Waals surface area (Å²) in [7, 11) is 0. The Labute approximate surface area is 103 Å². The Kier molecular flexibility index (Phi) is 3.38. The van der Waals surface area contributed by atoms with E-state index < -0.39 is 6.09 Å². The van der Waals surface area contributed by atoms with Crippen molar-refractivity contribution in [1.82, 2.24) is 9.97 Å². The van der Waals surface area contributed by atoms with E-state index in [-0.39, 0.29) is 17.6 Å². The number of aromatic nitrogens is 2. The quantitative estimate of drug-likeness (QED) is 0.675. The van der Waals surface area contributed by atoms with E-state index in [9.17, 15) is 9.59 Å². The summed E-state index contributed by atoms with van der Waals surface area (Å²) in [5.74, 6) is 5.67. The van der Waals surface area contributed by atoms with Crippen LogP contribution in [0.1, 0.15) is 18.7 Å². The first-order valence-electron chi connectivity index (χ1n) is 5.43. The van der Waals surface area contributed by atoms with Gasteiger partial charge in [-0.1, -0.05) is 0 Å². The number of carbonyl (C=O) groups is 2. The minimum absolute atomic E-state index is 0.0690. The molecular formula is C10H13N5O3. The maximum absolute atomic E-state index is 11.6. The number of anilines is 2. The maximum atomic E-state index is 11.6. The Morgan fingerprint density at radius 2 is 1.94 bits per heavy atom. The molecule has 8 heteroatoms. The number of carbonyl (C=O) groups excluding carboxylic acids is 2. The summed E-state index contributed by atoms with van der Waals surface area (Å²) in [6.45, 7) is 1.64. The molecule has 0 radical (unpaired) electrons. The Morgan fingerprint density at radius 1 is 1.33 bits per heavy atom. The van der Waals surface area contributed by atoms with Gasteiger partial charge in [-0.05, 0) is 19.8 Å². The first-order valence-corrected chi connectivity index (χ1v) is 5.43. The number of hydrogen-bond acceptors (Lipinski definition) is 6. The topological polar surface area (TPSA) is 119 Å². The molecule has 18 heavy (non-hydrogen) atoms. The van der Waals surface area contributed by atoms with Crippen molar-refractivity contribution in [2.24, 2.45) is 11.8 Å². The van der Waals surface area contributed by atoms with E-state index in [1.54, 1.807) is 6.92 Å². The van der Waals surface area contributed by atoms with E-state index in [0.29, 0.717) is 11.6 Å². The largest absolute Gasteiger partial charge is 0.431 e. The first kappa shape index (κ1) is 12.2. The van der Waals surface area contributed by atoms with Crippen molar-refractivity contribution >= 4 is 23.6 Å². The maximum Gasteiger partial charge on any atom is 0.431 e. The monoisotopic (exact) mass is 251 g/mol. The Bertz CT molecular complexity index is 486. The third-order valence-electron chi connectivity index (χ3n) is 2.37. The molecule has 1 heterocycles. The van der Waals surface area contributed by atoms with Crippen LogP contribution in [0.4, 0.5) is 16.4 Å². The van der Waals surface area contributed by atoms with Gasteiger partial charge in [-0.2, -0.15) is 5.90 Å². The number of nitrogens with zero attached hydrogens (tertiary/aromatic N) is 2. The molecule has 8 nitrogen and oxygen atoms in total. The molecule has 2 rings (SSSR count). The van der Waals surface area contributed by atoms with E-state index in [2.05, 4.69) is 25.4 Å². The van der Waals surface area contributed by atoms with Crippen LogP contribution in [0.25, 0.3) is 0 Å². The van der Waals surface area contributed by atoms with Gasteiger partial charge in [0, 0.05) is 12.0 Å². The zero-order chi connectivity index (χ0) is 13.1. The number of aryl methyl sites for hydroxylation is 1. The van der Waals surface area contributed by atoms with E-state index in [1.807, 2.05) is 0 Å². The minimum atomic E-state index is -0.840. The van der Waals surface area contributed by atoms with Crippen LogP contribution in [0.2, 0.25) is 0 Å². The van der Waals surface area contributed by atoms with Crippen molar-refractivity contribution in [3.05, 3.63) is 11.9 Å². The van der Waals surface area contributed by atoms with Crippen LogP contribution in [-0.4, -0.2) is 22.0 Å². The van der Waals surface area contributed by atoms with Crippen LogP contribution in [-0.2, 0) is 9.63 Å². The molecule has 0 unspecified atom stereocenters. The normalized spacial score (nSPS) is 13.9. The highest BCUT2D eigenvalue weighted by Gasteiger charge is 2.29. The highest BCUT2D eigenvalue weighted by Crippen LogP contribution is 2.30. The zero-order valence-electron chi connectivity index (χ0n) is 9.77. The molecule has 2 amide bonds. The molecule has 0 saturated heterocycles. The standard InChI is InChI=1S/C10H13N5O3/c1-5-12-7(14-9(16)6-2-3-6)4-8(13-5)15-10(17)18-11/h4,6H,2-3,11H2,1H3,(H2,12,13,14,15,16,17). The molecule has 0 aliphatic heterocycles. The molecule has 0 atom stereocenters. The summed E-state index contributed by atoms with van der Waals surface area (Å²) in [5, 5.41) is 4.97. The van der Waals surface area contributed by atoms with Crippen molar-refractivity contribution in [3.63, 3.8) is 0 Å². The van der Waals surface area contributed by atoms with Crippen molar-refractivity contribution in [2.75, 3.05) is 10.6 Å². The SMILES string of the molecule is Cc1nc(NC(=O)ON)cc(NC(=O)C2CC2)n1. The number of amides is 2. The second-order valence-corrected chi connectivity index (χ2v) is 3.98. The van der Waals surface area contributed by atoms with Gasteiger partial charge in [0.1, 0.15) is 17.5 Å². The van der Waals surface area contributed by atoms with Gasteiger partial charge in [0.05, 0.1) is 0 Å². The Hall–Kier alpha value is -2.22. The lowest BCUT2D eigenvalue weighted by atomic mass is 10.4. The first-order chi connectivity index (χ1) is 8.58. The molecule has 0 spiro atoms. The van der Waals surface area contributed by atoms with Gasteiger partial charge in [-0.25, -0.2) is 14.8 Å². The van der Waals surface area contributed by atoms with Crippen LogP contribution in [0.3, 0.4) is 0 Å². The molecule has 96 valence electrons. The van der Waals surface area contributed by atoms with Crippen molar-refractivity contribution in [1.29, 1.82) is 0 Å². The fourth-order valence-corrected chi connectivity index (χ4v) is 1.40. The summed E-state index contributed by atoms with van der Waals surface area (Å²) >= 11 is 0. The average Bonchev–Trinajstić information content (AvgIpc) is 3.11. The van der Waals surface area contributed by atoms with Gasteiger partial charge in [0.2, 0.25) is 5.91 Å². The van der Waals surface area contributed by atoms with Crippen LogP contribution in [0.15, 0.2) is 6.07 Å². The minimum Gasteiger partial charge on any atom is -0.356 e. The molecule has 1 aromatic rings. The predicted octanol–water partition coefficient (Wildman–Crippen LogP) is 0.556. The van der Waals surface area contributed by atoms with Crippen LogP contribution in [0, 0.1) is 12.8 Å². The summed E-state index contributed by atoms with van der Waals surface area (Å²) in [5.41, 5.74) is 0. The lowest BCUT2D eigenvalue weighted by Gasteiger charge is -2.07. The second-order valence-electron chi connectivity index (χ2n) is 3.98. The summed E-state index contributed by atoms with van der Waals surface area (Å²) in [4.78, 5) is 34.5. The van der Waals surface area contributed by atoms with Crippen molar-refractivity contribution < 1.29 is 14.4 Å². The average molecular weight is 251 g/mol. The Morgan fingerprint density at radius 3 is 2.50 bits per heavy atom. The molecule has 1 aliphatic rings. The smallest absolute Gasteiger partial charge is 0.356 e. The number of rotatable bonds is 3. The summed E-state index contributed by atoms with van der Waals surface area (Å²) in [6.07, 6.45) is 0.966. The third kappa shape index (κ3) is 3.14. The highest BCUT2D eigenvalue weighted by molar-refractivity contribution is 5.93. The van der Waals surface area contributed by atoms with E-state index in [0.717, 1.165) is 12.8 Å². The van der Waals surface area contributed by atoms with Gasteiger partial charge < -0.3 is 10.2 Å². The Balaban J connectivity index is 2.09. The number of hydrogen-bond donors (Lipinski definition) is 3. The highest BCUT2D eigenvalue weighted by atomic mass is 16.7. The molecular weight excluding hydrogens is 238 g/mol. The van der Waals surface area contributed by atoms with Crippen molar-refractivity contribution in [2.45, 2.75) is 19.8 Å². The molecule has 1 aliphatic carbocycles. The van der Waals surface area contributed by atoms with Gasteiger partial charge in [0.15, 0.2) is 0 Å². The van der Waals surface area contributed by atoms with E-state index in [1.165, 1.54) is 6.07 Å². The van der Waals surface area contributed by atoms with Crippen LogP contribution < -0.4 is 16.5 Å². The van der Waals surface area contributed by atoms with Crippen LogP contribution >= 0.6 is 0 Å². The molecule has 0 aromatic carbocycles. The van der Waals surface area contributed by atoms with Gasteiger partial charge >= 0.3 is 6.09 Å². The van der Waals surface area contributed by atoms with Crippen molar-refractivity contribution in [3.8, 4) is 0 Å². The zero-order valence-corrected chi connectivity index (χ0v) is 9.77. The summed E-state index contributed by atoms with van der Waals surface area (Å²) in [6, 6.07) is 1.43. The second kappa shape index (κ2) is 4.96. The lowest BCUT2D eigenvalue weighted by molar-refractivity contribution is -0.117. The van der Waals surface area contributed by atoms with E-state index in [4.69, 9.17) is 5.90 Å². The molecule has 4 N–H and O–H groups in total. The third-order valence-corrected chi connectivity index (χ3v) is 2.37. The van der Waals surface area contributed by atoms with Gasteiger partial charge in [0.25, 0.3) is 0 Å².